The molecular formula is C124H126. The Labute approximate surface area is 744 Å². The first-order valence-electron chi connectivity index (χ1n) is 43.7. The summed E-state index contributed by atoms with van der Waals surface area (Å²) >= 11 is 0. The van der Waals surface area contributed by atoms with Crippen molar-refractivity contribution in [2.45, 2.75) is 152 Å². The van der Waals surface area contributed by atoms with Crippen molar-refractivity contribution in [1.82, 2.24) is 0 Å². The first-order valence-corrected chi connectivity index (χ1v) is 43.7. The minimum absolute atomic E-state index is 1.27. The molecule has 0 aliphatic heterocycles. The summed E-state index contributed by atoms with van der Waals surface area (Å²) in [7, 11) is 0. The molecule has 0 nitrogen and oxygen atoms in total. The van der Waals surface area contributed by atoms with Crippen LogP contribution in [-0.2, 0) is 0 Å². The minimum atomic E-state index is 1.27. The Morgan fingerprint density at radius 3 is 0.218 bits per heavy atom. The molecule has 0 bridgehead atoms. The van der Waals surface area contributed by atoms with Crippen LogP contribution < -0.4 is 0 Å². The van der Waals surface area contributed by atoms with Gasteiger partial charge in [0, 0.05) is 0 Å². The van der Waals surface area contributed by atoms with Gasteiger partial charge in [0.05, 0.1) is 0 Å². The molecule has 124 heavy (non-hydrogen) atoms. The molecule has 622 valence electrons. The molecule has 0 aromatic heterocycles. The Bertz CT molecular complexity index is 5790. The molecule has 17 aromatic rings. The lowest BCUT2D eigenvalue weighted by atomic mass is 9.96. The molecule has 0 aliphatic carbocycles. The highest BCUT2D eigenvalue weighted by molar-refractivity contribution is 5.76. The molecule has 0 heterocycles. The van der Waals surface area contributed by atoms with Crippen molar-refractivity contribution in [3.63, 3.8) is 0 Å². The van der Waals surface area contributed by atoms with Crippen molar-refractivity contribution in [3.8, 4) is 111 Å². The SMILES string of the molecule is Cc1cc(C)cc(-c2cc(C)cc(C)c2)c1.Cc1cc(C)cc(-c2ccc(-c3cc(C)cc(C)c3)cc2)c1.Cc1ccc(-c2cc(C)cc(C)c2)cc1.Cc1ccc(-c2cc(C)cc(C)c2)cc1.Cc1ccc(-c2ccc(-c3cc(C)cc(C)c3)cc2)cc1.Cc1ccc(-c2ccc(-c3cc(C)cc(C)c3)cc2)cc1.Cc1ccc(-c2ccc(C)cc2)cc1. The Balaban J connectivity index is 0.000000142. The number of rotatable bonds is 10. The van der Waals surface area contributed by atoms with E-state index in [1.54, 1.807) is 0 Å². The topological polar surface area (TPSA) is 0 Å². The van der Waals surface area contributed by atoms with E-state index in [2.05, 4.69) is 516 Å². The van der Waals surface area contributed by atoms with Crippen LogP contribution in [0.5, 0.6) is 0 Å². The number of benzene rings is 17. The van der Waals surface area contributed by atoms with Gasteiger partial charge in [0.25, 0.3) is 0 Å². The van der Waals surface area contributed by atoms with Gasteiger partial charge in [-0.15, -0.1) is 0 Å². The number of aryl methyl sites for hydroxylation is 22. The summed E-state index contributed by atoms with van der Waals surface area (Å²) in [5, 5.41) is 0. The zero-order chi connectivity index (χ0) is 88.7. The minimum Gasteiger partial charge on any atom is -0.0587 e. The quantitative estimate of drug-likeness (QED) is 0.128. The van der Waals surface area contributed by atoms with Crippen LogP contribution in [0.25, 0.3) is 111 Å². The molecule has 0 saturated carbocycles. The average molecular weight is 1620 g/mol. The predicted octanol–water partition coefficient (Wildman–Crippen LogP) is 35.3. The van der Waals surface area contributed by atoms with E-state index in [0.29, 0.717) is 0 Å². The van der Waals surface area contributed by atoms with Crippen molar-refractivity contribution in [1.29, 1.82) is 0 Å². The van der Waals surface area contributed by atoms with Crippen LogP contribution in [0.2, 0.25) is 0 Å². The van der Waals surface area contributed by atoms with E-state index in [9.17, 15) is 0 Å². The molecule has 0 aliphatic rings. The highest BCUT2D eigenvalue weighted by Gasteiger charge is 2.10. The molecular weight excluding hydrogens is 1490 g/mol. The maximum absolute atomic E-state index is 2.25. The van der Waals surface area contributed by atoms with E-state index in [-0.39, 0.29) is 0 Å². The molecule has 0 atom stereocenters. The summed E-state index contributed by atoms with van der Waals surface area (Å²) in [5.74, 6) is 0. The van der Waals surface area contributed by atoms with E-state index in [1.165, 1.54) is 234 Å². The summed E-state index contributed by atoms with van der Waals surface area (Å²) in [6.45, 7) is 47.1. The van der Waals surface area contributed by atoms with Crippen molar-refractivity contribution in [2.24, 2.45) is 0 Å². The van der Waals surface area contributed by atoms with Gasteiger partial charge in [0.2, 0.25) is 0 Å². The van der Waals surface area contributed by atoms with Gasteiger partial charge >= 0.3 is 0 Å². The molecule has 17 rings (SSSR count). The zero-order valence-electron chi connectivity index (χ0n) is 77.6. The summed E-state index contributed by atoms with van der Waals surface area (Å²) in [6, 6.07) is 132. The normalized spacial score (nSPS) is 10.5. The molecule has 0 unspecified atom stereocenters. The third-order valence-corrected chi connectivity index (χ3v) is 22.1. The van der Waals surface area contributed by atoms with E-state index >= 15 is 0 Å². The van der Waals surface area contributed by atoms with Crippen molar-refractivity contribution in [3.05, 3.63) is 486 Å². The second kappa shape index (κ2) is 43.5. The molecule has 0 amide bonds. The Hall–Kier alpha value is -13.3. The lowest BCUT2D eigenvalue weighted by molar-refractivity contribution is 1.35. The van der Waals surface area contributed by atoms with Gasteiger partial charge in [-0.05, 0) is 264 Å². The average Bonchev–Trinajstić information content (AvgIpc) is 0.837. The summed E-state index contributed by atoms with van der Waals surface area (Å²) in [6.07, 6.45) is 0. The van der Waals surface area contributed by atoms with Crippen molar-refractivity contribution in [2.75, 3.05) is 0 Å². The Morgan fingerprint density at radius 1 is 0.0645 bits per heavy atom. The van der Waals surface area contributed by atoms with Crippen LogP contribution in [0.4, 0.5) is 0 Å². The third-order valence-electron chi connectivity index (χ3n) is 22.1. The van der Waals surface area contributed by atoms with Crippen molar-refractivity contribution >= 4 is 0 Å². The maximum atomic E-state index is 2.25. The van der Waals surface area contributed by atoms with E-state index < -0.39 is 0 Å². The number of hydrogen-bond acceptors (Lipinski definition) is 0. The van der Waals surface area contributed by atoms with Gasteiger partial charge < -0.3 is 0 Å². The van der Waals surface area contributed by atoms with E-state index in [4.69, 9.17) is 0 Å². The fourth-order valence-electron chi connectivity index (χ4n) is 16.2. The summed E-state index contributed by atoms with van der Waals surface area (Å²) < 4.78 is 0. The second-order valence-corrected chi connectivity index (χ2v) is 34.9. The smallest absolute Gasteiger partial charge is 0.0179 e. The first kappa shape index (κ1) is 91.5. The van der Waals surface area contributed by atoms with Gasteiger partial charge in [-0.2, -0.15) is 0 Å². The molecule has 0 radical (unpaired) electrons. The zero-order valence-corrected chi connectivity index (χ0v) is 77.6. The summed E-state index contributed by atoms with van der Waals surface area (Å²) in [5.41, 5.74) is 54.7. The molecule has 0 saturated heterocycles. The first-order chi connectivity index (χ1) is 59.3. The molecule has 0 N–H and O–H groups in total. The molecule has 0 spiro atoms. The highest BCUT2D eigenvalue weighted by Crippen LogP contribution is 2.33. The third kappa shape index (κ3) is 27.9. The van der Waals surface area contributed by atoms with Gasteiger partial charge in [-0.1, -0.05) is 486 Å². The molecule has 0 heteroatoms. The maximum Gasteiger partial charge on any atom is -0.0179 e. The van der Waals surface area contributed by atoms with Crippen LogP contribution in [0.1, 0.15) is 122 Å². The highest BCUT2D eigenvalue weighted by atomic mass is 14.1. The standard InChI is InChI=1S/C22H22.2C21H20.C16H18.2C15H16.C14H14/c1-15-9-16(2)12-21(11-15)19-5-7-20(8-6-19)22-13-17(3)10-18(4)14-22;2*1-15-4-6-18(7-5-15)19-8-10-20(11-9-19)21-13-16(2)12-17(3)14-21;1-11-5-12(2)8-15(7-11)16-9-13(3)6-14(4)10-16;2*1-11-4-6-14(7-5-11)15-9-12(2)8-13(3)10-15;1-11-3-7-13(8-4-11)14-9-5-12(2)6-10-14/h5-14H,1-4H3;2*4-14H,1-3H3;5-10H,1-4H3;2*4-10H,1-3H3;3-10H,1-2H3. The van der Waals surface area contributed by atoms with Gasteiger partial charge in [0.1, 0.15) is 0 Å². The van der Waals surface area contributed by atoms with Gasteiger partial charge in [0.15, 0.2) is 0 Å². The van der Waals surface area contributed by atoms with Crippen LogP contribution in [-0.4, -0.2) is 0 Å². The van der Waals surface area contributed by atoms with Gasteiger partial charge in [-0.25, -0.2) is 0 Å². The largest absolute Gasteiger partial charge is 0.0587 e. The van der Waals surface area contributed by atoms with E-state index in [1.807, 2.05) is 0 Å². The fraction of sp³-hybridized carbons (Fsp3) is 0.177. The fourth-order valence-corrected chi connectivity index (χ4v) is 16.2. The lowest BCUT2D eigenvalue weighted by Crippen LogP contribution is -1.85. The van der Waals surface area contributed by atoms with Crippen LogP contribution in [0.15, 0.2) is 364 Å². The van der Waals surface area contributed by atoms with Gasteiger partial charge in [-0.3, -0.25) is 0 Å². The Morgan fingerprint density at radius 2 is 0.129 bits per heavy atom. The Kier molecular flexibility index (Phi) is 32.1. The van der Waals surface area contributed by atoms with Crippen LogP contribution in [0, 0.1) is 152 Å². The molecule has 17 aromatic carbocycles. The second-order valence-electron chi connectivity index (χ2n) is 34.9. The predicted molar refractivity (Wildman–Crippen MR) is 544 cm³/mol. The van der Waals surface area contributed by atoms with Crippen molar-refractivity contribution < 1.29 is 0 Å². The van der Waals surface area contributed by atoms with Crippen LogP contribution >= 0.6 is 0 Å². The lowest BCUT2D eigenvalue weighted by Gasteiger charge is -2.08. The van der Waals surface area contributed by atoms with E-state index in [0.717, 1.165) is 0 Å². The van der Waals surface area contributed by atoms with Crippen LogP contribution in [0.3, 0.4) is 0 Å². The molecule has 0 fully saturated rings. The monoisotopic (exact) mass is 1610 g/mol. The summed E-state index contributed by atoms with van der Waals surface area (Å²) in [4.78, 5) is 0. The number of hydrogen-bond donors (Lipinski definition) is 0.